The maximum atomic E-state index is 2.25. The van der Waals surface area contributed by atoms with Crippen LogP contribution in [0.2, 0.25) is 0 Å². The van der Waals surface area contributed by atoms with Gasteiger partial charge in [-0.15, -0.1) is 0 Å². The van der Waals surface area contributed by atoms with Crippen LogP contribution in [-0.2, 0) is 0 Å². The Bertz CT molecular complexity index is 1630. The van der Waals surface area contributed by atoms with Crippen LogP contribution < -0.4 is 0 Å². The molecule has 0 saturated carbocycles. The Labute approximate surface area is 200 Å². The molecule has 0 fully saturated rings. The van der Waals surface area contributed by atoms with E-state index in [9.17, 15) is 0 Å². The summed E-state index contributed by atoms with van der Waals surface area (Å²) in [5.74, 6) is 0. The second kappa shape index (κ2) is 8.32. The molecule has 0 aliphatic carbocycles. The van der Waals surface area contributed by atoms with Gasteiger partial charge in [0.1, 0.15) is 0 Å². The van der Waals surface area contributed by atoms with E-state index in [1.165, 1.54) is 65.0 Å². The van der Waals surface area contributed by atoms with Crippen molar-refractivity contribution < 1.29 is 0 Å². The van der Waals surface area contributed by atoms with Crippen LogP contribution in [0.25, 0.3) is 53.9 Å². The smallest absolute Gasteiger partial charge is 0.0105 e. The monoisotopic (exact) mass is 434 g/mol. The van der Waals surface area contributed by atoms with E-state index in [1.807, 2.05) is 0 Å². The highest BCUT2D eigenvalue weighted by Crippen LogP contribution is 2.27. The first-order valence-corrected chi connectivity index (χ1v) is 11.9. The fourth-order valence-corrected chi connectivity index (χ4v) is 5.04. The van der Waals surface area contributed by atoms with Gasteiger partial charge in [0.15, 0.2) is 0 Å². The first-order chi connectivity index (χ1) is 16.7. The van der Waals surface area contributed by atoms with Crippen molar-refractivity contribution in [3.8, 4) is 0 Å². The maximum Gasteiger partial charge on any atom is -0.0105 e. The maximum absolute atomic E-state index is 2.25. The van der Waals surface area contributed by atoms with Crippen molar-refractivity contribution in [2.24, 2.45) is 0 Å². The van der Waals surface area contributed by atoms with E-state index in [2.05, 4.69) is 135 Å². The molecule has 9 aromatic rings. The molecule has 0 saturated heterocycles. The van der Waals surface area contributed by atoms with Crippen molar-refractivity contribution in [2.75, 3.05) is 0 Å². The van der Waals surface area contributed by atoms with E-state index < -0.39 is 0 Å². The van der Waals surface area contributed by atoms with Crippen LogP contribution in [0, 0.1) is 13.8 Å². The SMILES string of the molecule is Cc1c(C)c2ccc(cc2)c2ccccc2c2ccc(cc2)c2ccccc2c2ccc1cc2. The molecule has 0 amide bonds. The third-order valence-electron chi connectivity index (χ3n) is 7.18. The second-order valence-corrected chi connectivity index (χ2v) is 9.07. The molecule has 0 heteroatoms. The van der Waals surface area contributed by atoms with Crippen LogP contribution >= 0.6 is 0 Å². The van der Waals surface area contributed by atoms with Gasteiger partial charge >= 0.3 is 0 Å². The molecule has 0 aromatic heterocycles. The van der Waals surface area contributed by atoms with Crippen LogP contribution in [-0.4, -0.2) is 0 Å². The van der Waals surface area contributed by atoms with E-state index >= 15 is 0 Å². The highest BCUT2D eigenvalue weighted by atomic mass is 14.1. The zero-order valence-electron chi connectivity index (χ0n) is 19.5. The first kappa shape index (κ1) is 20.4. The lowest BCUT2D eigenvalue weighted by Gasteiger charge is -2.05. The third-order valence-corrected chi connectivity index (χ3v) is 7.18. The predicted molar refractivity (Wildman–Crippen MR) is 150 cm³/mol. The lowest BCUT2D eigenvalue weighted by atomic mass is 9.99. The molecular weight excluding hydrogens is 408 g/mol. The molecular formula is C34H26. The summed E-state index contributed by atoms with van der Waals surface area (Å²) in [6, 6.07) is 44.4. The minimum absolute atomic E-state index is 1.23. The average Bonchev–Trinajstić information content (AvgIpc) is 2.92. The molecule has 0 heterocycles. The van der Waals surface area contributed by atoms with Gasteiger partial charge in [-0.2, -0.15) is 0 Å². The third kappa shape index (κ3) is 3.49. The number of fused-ring (bicyclic) bond motifs is 3. The summed E-state index contributed by atoms with van der Waals surface area (Å²) < 4.78 is 0. The van der Waals surface area contributed by atoms with Crippen LogP contribution in [0.1, 0.15) is 11.1 Å². The van der Waals surface area contributed by atoms with E-state index in [1.54, 1.807) is 0 Å². The highest BCUT2D eigenvalue weighted by molar-refractivity contribution is 6.08. The molecule has 0 radical (unpaired) electrons. The van der Waals surface area contributed by atoms with Crippen LogP contribution in [0.3, 0.4) is 0 Å². The van der Waals surface area contributed by atoms with Gasteiger partial charge in [0.05, 0.1) is 0 Å². The topological polar surface area (TPSA) is 0 Å². The summed E-state index contributed by atoms with van der Waals surface area (Å²) in [5, 5.41) is 12.5. The Kier molecular flexibility index (Phi) is 5.00. The van der Waals surface area contributed by atoms with Gasteiger partial charge in [-0.25, -0.2) is 0 Å². The first-order valence-electron chi connectivity index (χ1n) is 11.9. The van der Waals surface area contributed by atoms with Crippen molar-refractivity contribution in [1.29, 1.82) is 0 Å². The van der Waals surface area contributed by atoms with Crippen molar-refractivity contribution in [1.82, 2.24) is 0 Å². The summed E-state index contributed by atoms with van der Waals surface area (Å²) >= 11 is 0. The fourth-order valence-electron chi connectivity index (χ4n) is 5.04. The molecule has 6 bridgehead atoms. The number of hydrogen-bond donors (Lipinski definition) is 0. The van der Waals surface area contributed by atoms with E-state index in [4.69, 9.17) is 0 Å². The van der Waals surface area contributed by atoms with Crippen molar-refractivity contribution >= 4 is 53.9 Å². The molecule has 0 nitrogen and oxygen atoms in total. The number of aryl methyl sites for hydroxylation is 2. The minimum Gasteiger partial charge on any atom is -0.0616 e. The lowest BCUT2D eigenvalue weighted by molar-refractivity contribution is 1.41. The van der Waals surface area contributed by atoms with Gasteiger partial charge in [-0.1, -0.05) is 121 Å². The fraction of sp³-hybridized carbons (Fsp3) is 0.0588. The highest BCUT2D eigenvalue weighted by Gasteiger charge is 2.01. The largest absolute Gasteiger partial charge is 0.0616 e. The van der Waals surface area contributed by atoms with E-state index in [0.29, 0.717) is 0 Å². The average molecular weight is 435 g/mol. The van der Waals surface area contributed by atoms with Gasteiger partial charge in [-0.05, 0) is 78.8 Å². The van der Waals surface area contributed by atoms with E-state index in [-0.39, 0.29) is 0 Å². The molecule has 162 valence electrons. The molecule has 0 unspecified atom stereocenters. The number of hydrogen-bond acceptors (Lipinski definition) is 0. The number of rotatable bonds is 0. The Morgan fingerprint density at radius 1 is 0.265 bits per heavy atom. The molecule has 0 N–H and O–H groups in total. The summed E-state index contributed by atoms with van der Waals surface area (Å²) in [6.07, 6.45) is 0. The Balaban J connectivity index is 1.84. The van der Waals surface area contributed by atoms with Gasteiger partial charge in [0.2, 0.25) is 0 Å². The van der Waals surface area contributed by atoms with Crippen molar-refractivity contribution in [3.05, 3.63) is 132 Å². The van der Waals surface area contributed by atoms with Gasteiger partial charge in [-0.3, -0.25) is 0 Å². The standard InChI is InChI=1S/C34H26/c1-23-24(2)26-13-17-28(18-14-26)32-8-4-6-10-34(32)30-21-19-29(20-22-30)33-9-5-3-7-31(33)27-15-11-25(23)12-16-27/h3-22H,1-2H3. The molecule has 0 aliphatic rings. The van der Waals surface area contributed by atoms with Gasteiger partial charge in [0.25, 0.3) is 0 Å². The number of benzene rings is 5. The molecule has 34 heavy (non-hydrogen) atoms. The summed E-state index contributed by atoms with van der Waals surface area (Å²) in [6.45, 7) is 4.45. The van der Waals surface area contributed by atoms with Crippen LogP contribution in [0.4, 0.5) is 0 Å². The molecule has 0 spiro atoms. The Hall–Kier alpha value is -4.16. The van der Waals surface area contributed by atoms with Crippen molar-refractivity contribution in [2.45, 2.75) is 13.8 Å². The summed E-state index contributed by atoms with van der Waals surface area (Å²) in [5.41, 5.74) is 2.62. The summed E-state index contributed by atoms with van der Waals surface area (Å²) in [7, 11) is 0. The quantitative estimate of drug-likeness (QED) is 0.223. The molecule has 0 aliphatic heterocycles. The predicted octanol–water partition coefficient (Wildman–Crippen LogP) is 9.76. The van der Waals surface area contributed by atoms with Crippen LogP contribution in [0.5, 0.6) is 0 Å². The van der Waals surface area contributed by atoms with Crippen molar-refractivity contribution in [3.63, 3.8) is 0 Å². The second-order valence-electron chi connectivity index (χ2n) is 9.07. The van der Waals surface area contributed by atoms with Crippen LogP contribution in [0.15, 0.2) is 121 Å². The van der Waals surface area contributed by atoms with E-state index in [0.717, 1.165) is 0 Å². The zero-order valence-corrected chi connectivity index (χ0v) is 19.5. The van der Waals surface area contributed by atoms with Gasteiger partial charge < -0.3 is 0 Å². The minimum atomic E-state index is 1.23. The zero-order chi connectivity index (χ0) is 23.1. The normalized spacial score (nSPS) is 11.2. The molecule has 9 aromatic carbocycles. The van der Waals surface area contributed by atoms with Gasteiger partial charge in [0, 0.05) is 0 Å². The molecule has 9 rings (SSSR count). The molecule has 0 atom stereocenters. The Morgan fingerprint density at radius 3 is 0.706 bits per heavy atom. The Morgan fingerprint density at radius 2 is 0.471 bits per heavy atom. The lowest BCUT2D eigenvalue weighted by Crippen LogP contribution is -1.81. The summed E-state index contributed by atoms with van der Waals surface area (Å²) in [4.78, 5) is 0.